The van der Waals surface area contributed by atoms with Gasteiger partial charge in [-0.1, -0.05) is 12.1 Å². The fourth-order valence-corrected chi connectivity index (χ4v) is 2.49. The summed E-state index contributed by atoms with van der Waals surface area (Å²) in [6, 6.07) is 11.1. The Morgan fingerprint density at radius 2 is 1.71 bits per heavy atom. The number of alkyl halides is 2. The number of anilines is 1. The molecular formula is C17H18Cl2N4O. The van der Waals surface area contributed by atoms with Crippen molar-refractivity contribution in [2.45, 2.75) is 0 Å². The standard InChI is InChI=1S/C17H18Cl2N4O/c18-7-11-23(12-8-19)16-3-1-14(2-4-16)13-21-22-17(24)15-5-9-20-10-6-15/h1-6,9-10,13H,7-8,11-12H2,(H,22,24)/b21-13+. The number of carbonyl (C=O) groups is 1. The first-order valence-corrected chi connectivity index (χ1v) is 8.52. The van der Waals surface area contributed by atoms with Gasteiger partial charge in [0.05, 0.1) is 6.21 Å². The normalized spacial score (nSPS) is 10.8. The number of aromatic nitrogens is 1. The zero-order valence-electron chi connectivity index (χ0n) is 13.0. The monoisotopic (exact) mass is 364 g/mol. The van der Waals surface area contributed by atoms with Gasteiger partial charge >= 0.3 is 0 Å². The van der Waals surface area contributed by atoms with Crippen molar-refractivity contribution in [3.05, 3.63) is 59.9 Å². The zero-order valence-corrected chi connectivity index (χ0v) is 14.5. The van der Waals surface area contributed by atoms with Crippen molar-refractivity contribution >= 4 is 41.0 Å². The molecule has 24 heavy (non-hydrogen) atoms. The van der Waals surface area contributed by atoms with Gasteiger partial charge in [-0.3, -0.25) is 9.78 Å². The highest BCUT2D eigenvalue weighted by Gasteiger charge is 2.05. The summed E-state index contributed by atoms with van der Waals surface area (Å²) in [5.74, 6) is 0.808. The zero-order chi connectivity index (χ0) is 17.2. The van der Waals surface area contributed by atoms with Gasteiger partial charge in [-0.25, -0.2) is 5.43 Å². The lowest BCUT2D eigenvalue weighted by Gasteiger charge is -2.22. The molecule has 1 amide bonds. The summed E-state index contributed by atoms with van der Waals surface area (Å²) >= 11 is 11.6. The minimum absolute atomic E-state index is 0.277. The van der Waals surface area contributed by atoms with E-state index < -0.39 is 0 Å². The second-order valence-corrected chi connectivity index (χ2v) is 5.65. The van der Waals surface area contributed by atoms with Crippen molar-refractivity contribution in [1.82, 2.24) is 10.4 Å². The highest BCUT2D eigenvalue weighted by Crippen LogP contribution is 2.15. The molecule has 2 rings (SSSR count). The molecule has 0 aliphatic carbocycles. The molecule has 0 atom stereocenters. The Morgan fingerprint density at radius 1 is 1.08 bits per heavy atom. The second kappa shape index (κ2) is 9.90. The molecule has 0 aliphatic heterocycles. The van der Waals surface area contributed by atoms with Gasteiger partial charge in [0.25, 0.3) is 5.91 Å². The van der Waals surface area contributed by atoms with Gasteiger partial charge in [0.1, 0.15) is 0 Å². The number of nitrogens with zero attached hydrogens (tertiary/aromatic N) is 3. The molecular weight excluding hydrogens is 347 g/mol. The minimum Gasteiger partial charge on any atom is -0.369 e. The summed E-state index contributed by atoms with van der Waals surface area (Å²) in [5, 5.41) is 3.96. The van der Waals surface area contributed by atoms with E-state index in [4.69, 9.17) is 23.2 Å². The predicted octanol–water partition coefficient (Wildman–Crippen LogP) is 3.13. The fraction of sp³-hybridized carbons (Fsp3) is 0.235. The summed E-state index contributed by atoms with van der Waals surface area (Å²) in [5.41, 5.74) is 4.92. The van der Waals surface area contributed by atoms with E-state index in [1.54, 1.807) is 30.7 Å². The van der Waals surface area contributed by atoms with Crippen LogP contribution in [0, 0.1) is 0 Å². The molecule has 0 saturated carbocycles. The lowest BCUT2D eigenvalue weighted by molar-refractivity contribution is 0.0955. The molecule has 7 heteroatoms. The van der Waals surface area contributed by atoms with Crippen LogP contribution in [0.15, 0.2) is 53.9 Å². The van der Waals surface area contributed by atoms with E-state index in [2.05, 4.69) is 20.4 Å². The molecule has 1 aromatic heterocycles. The molecule has 0 spiro atoms. The van der Waals surface area contributed by atoms with Crippen LogP contribution in [0.3, 0.4) is 0 Å². The number of carbonyl (C=O) groups excluding carboxylic acids is 1. The number of pyridine rings is 1. The van der Waals surface area contributed by atoms with Crippen molar-refractivity contribution in [1.29, 1.82) is 0 Å². The van der Waals surface area contributed by atoms with E-state index in [0.29, 0.717) is 17.3 Å². The van der Waals surface area contributed by atoms with Crippen LogP contribution in [0.25, 0.3) is 0 Å². The molecule has 0 aliphatic rings. The van der Waals surface area contributed by atoms with Gasteiger partial charge < -0.3 is 4.90 Å². The van der Waals surface area contributed by atoms with Crippen molar-refractivity contribution in [2.24, 2.45) is 5.10 Å². The third kappa shape index (κ3) is 5.51. The quantitative estimate of drug-likeness (QED) is 0.444. The maximum atomic E-state index is 11.8. The van der Waals surface area contributed by atoms with Crippen LogP contribution < -0.4 is 10.3 Å². The molecule has 0 unspecified atom stereocenters. The molecule has 0 fully saturated rings. The summed E-state index contributed by atoms with van der Waals surface area (Å²) < 4.78 is 0. The van der Waals surface area contributed by atoms with Gasteiger partial charge in [0.15, 0.2) is 0 Å². The second-order valence-electron chi connectivity index (χ2n) is 4.89. The molecule has 2 aromatic rings. The van der Waals surface area contributed by atoms with Crippen LogP contribution in [0.4, 0.5) is 5.69 Å². The smallest absolute Gasteiger partial charge is 0.271 e. The van der Waals surface area contributed by atoms with Crippen molar-refractivity contribution in [2.75, 3.05) is 29.7 Å². The van der Waals surface area contributed by atoms with Crippen LogP contribution >= 0.6 is 23.2 Å². The van der Waals surface area contributed by atoms with Crippen LogP contribution in [0.2, 0.25) is 0 Å². The van der Waals surface area contributed by atoms with E-state index in [0.717, 1.165) is 24.3 Å². The third-order valence-corrected chi connectivity index (χ3v) is 3.63. The summed E-state index contributed by atoms with van der Waals surface area (Å²) in [6.45, 7) is 1.48. The summed E-state index contributed by atoms with van der Waals surface area (Å²) in [7, 11) is 0. The van der Waals surface area contributed by atoms with Gasteiger partial charge in [-0.2, -0.15) is 5.10 Å². The Hall–Kier alpha value is -2.11. The molecule has 0 radical (unpaired) electrons. The SMILES string of the molecule is O=C(N/N=C/c1ccc(N(CCCl)CCCl)cc1)c1ccncc1. The number of amides is 1. The summed E-state index contributed by atoms with van der Waals surface area (Å²) in [4.78, 5) is 17.8. The fourth-order valence-electron chi connectivity index (χ4n) is 2.08. The highest BCUT2D eigenvalue weighted by atomic mass is 35.5. The van der Waals surface area contributed by atoms with Crippen LogP contribution in [-0.4, -0.2) is 42.0 Å². The molecule has 126 valence electrons. The molecule has 1 heterocycles. The van der Waals surface area contributed by atoms with Gasteiger partial charge in [0, 0.05) is 48.5 Å². The molecule has 5 nitrogen and oxygen atoms in total. The van der Waals surface area contributed by atoms with Crippen LogP contribution in [0.1, 0.15) is 15.9 Å². The van der Waals surface area contributed by atoms with Crippen LogP contribution in [0.5, 0.6) is 0 Å². The molecule has 1 N–H and O–H groups in total. The number of halogens is 2. The Balaban J connectivity index is 1.94. The van der Waals surface area contributed by atoms with Crippen molar-refractivity contribution in [3.8, 4) is 0 Å². The number of hydrogen-bond acceptors (Lipinski definition) is 4. The number of nitrogens with one attached hydrogen (secondary N) is 1. The number of hydrazone groups is 1. The first-order chi connectivity index (χ1) is 11.7. The Morgan fingerprint density at radius 3 is 2.29 bits per heavy atom. The first kappa shape index (κ1) is 18.2. The Bertz CT molecular complexity index is 656. The molecule has 0 saturated heterocycles. The van der Waals surface area contributed by atoms with Crippen molar-refractivity contribution < 1.29 is 4.79 Å². The largest absolute Gasteiger partial charge is 0.369 e. The number of hydrogen-bond donors (Lipinski definition) is 1. The van der Waals surface area contributed by atoms with Gasteiger partial charge in [0.2, 0.25) is 0 Å². The lowest BCUT2D eigenvalue weighted by atomic mass is 10.2. The van der Waals surface area contributed by atoms with Crippen molar-refractivity contribution in [3.63, 3.8) is 0 Å². The first-order valence-electron chi connectivity index (χ1n) is 7.45. The van der Waals surface area contributed by atoms with Crippen LogP contribution in [-0.2, 0) is 0 Å². The predicted molar refractivity (Wildman–Crippen MR) is 99.4 cm³/mol. The average Bonchev–Trinajstić information content (AvgIpc) is 2.63. The number of benzene rings is 1. The van der Waals surface area contributed by atoms with E-state index >= 15 is 0 Å². The number of rotatable bonds is 8. The van der Waals surface area contributed by atoms with E-state index in [1.807, 2.05) is 24.3 Å². The third-order valence-electron chi connectivity index (χ3n) is 3.29. The van der Waals surface area contributed by atoms with Gasteiger partial charge in [-0.15, -0.1) is 23.2 Å². The van der Waals surface area contributed by atoms with Gasteiger partial charge in [-0.05, 0) is 29.8 Å². The minimum atomic E-state index is -0.277. The lowest BCUT2D eigenvalue weighted by Crippen LogP contribution is -2.27. The van der Waals surface area contributed by atoms with E-state index in [-0.39, 0.29) is 5.91 Å². The summed E-state index contributed by atoms with van der Waals surface area (Å²) in [6.07, 6.45) is 4.71. The topological polar surface area (TPSA) is 57.6 Å². The average molecular weight is 365 g/mol. The highest BCUT2D eigenvalue weighted by molar-refractivity contribution is 6.18. The van der Waals surface area contributed by atoms with E-state index in [1.165, 1.54) is 0 Å². The Kier molecular flexibility index (Phi) is 7.52. The maximum absolute atomic E-state index is 11.8. The Labute approximate surface area is 151 Å². The molecule has 1 aromatic carbocycles. The van der Waals surface area contributed by atoms with E-state index in [9.17, 15) is 4.79 Å². The maximum Gasteiger partial charge on any atom is 0.271 e. The molecule has 0 bridgehead atoms.